The maximum atomic E-state index is 14.0. The lowest BCUT2D eigenvalue weighted by Gasteiger charge is -2.31. The van der Waals surface area contributed by atoms with E-state index in [1.54, 1.807) is 6.20 Å². The fourth-order valence-corrected chi connectivity index (χ4v) is 3.57. The van der Waals surface area contributed by atoms with Crippen LogP contribution in [-0.2, 0) is 13.0 Å². The van der Waals surface area contributed by atoms with Crippen LogP contribution in [0.4, 0.5) is 26.0 Å². The SMILES string of the molecule is Cc1c(N2CCc3ncc(Nc4c(F)cccc4F)cc3C2)nn(C=N)c(=N)c1C. The van der Waals surface area contributed by atoms with Crippen molar-refractivity contribution in [2.24, 2.45) is 0 Å². The Morgan fingerprint density at radius 1 is 1.17 bits per heavy atom. The molecule has 0 radical (unpaired) electrons. The normalized spacial score (nSPS) is 13.1. The van der Waals surface area contributed by atoms with Crippen molar-refractivity contribution in [3.63, 3.8) is 0 Å². The Balaban J connectivity index is 1.66. The Morgan fingerprint density at radius 3 is 2.60 bits per heavy atom. The molecule has 0 saturated heterocycles. The fourth-order valence-electron chi connectivity index (χ4n) is 3.57. The topological polar surface area (TPSA) is 93.7 Å². The molecule has 7 nitrogen and oxygen atoms in total. The molecule has 9 heteroatoms. The number of halogens is 2. The highest BCUT2D eigenvalue weighted by Gasteiger charge is 2.22. The molecule has 0 unspecified atom stereocenters. The third kappa shape index (κ3) is 3.42. The maximum Gasteiger partial charge on any atom is 0.153 e. The van der Waals surface area contributed by atoms with Gasteiger partial charge in [-0.1, -0.05) is 6.07 Å². The molecule has 30 heavy (non-hydrogen) atoms. The fraction of sp³-hybridized carbons (Fsp3) is 0.238. The van der Waals surface area contributed by atoms with E-state index in [-0.39, 0.29) is 11.2 Å². The zero-order valence-corrected chi connectivity index (χ0v) is 16.6. The lowest BCUT2D eigenvalue weighted by molar-refractivity contribution is 0.590. The van der Waals surface area contributed by atoms with E-state index >= 15 is 0 Å². The highest BCUT2D eigenvalue weighted by Crippen LogP contribution is 2.28. The predicted octanol–water partition coefficient (Wildman–Crippen LogP) is 3.41. The van der Waals surface area contributed by atoms with Gasteiger partial charge in [-0.3, -0.25) is 15.8 Å². The van der Waals surface area contributed by atoms with Gasteiger partial charge in [0.25, 0.3) is 0 Å². The van der Waals surface area contributed by atoms with Crippen molar-refractivity contribution in [1.82, 2.24) is 14.8 Å². The van der Waals surface area contributed by atoms with Crippen LogP contribution in [-0.4, -0.2) is 27.6 Å². The average molecular weight is 409 g/mol. The predicted molar refractivity (Wildman–Crippen MR) is 110 cm³/mol. The standard InChI is InChI=1S/C21H21F2N7/c1-12-13(2)21(28-30(11-24)20(12)25)29-7-6-18-14(10-29)8-15(9-26-18)27-19-16(22)4-3-5-17(19)23/h3-5,8-9,11,24-25,27H,6-7,10H2,1-2H3. The van der Waals surface area contributed by atoms with E-state index in [9.17, 15) is 8.78 Å². The van der Waals surface area contributed by atoms with Gasteiger partial charge in [0, 0.05) is 30.8 Å². The lowest BCUT2D eigenvalue weighted by Crippen LogP contribution is -2.36. The summed E-state index contributed by atoms with van der Waals surface area (Å²) in [7, 11) is 0. The van der Waals surface area contributed by atoms with Gasteiger partial charge in [0.1, 0.15) is 23.7 Å². The maximum absolute atomic E-state index is 14.0. The van der Waals surface area contributed by atoms with Crippen LogP contribution in [0, 0.1) is 36.3 Å². The van der Waals surface area contributed by atoms with Gasteiger partial charge in [0.05, 0.1) is 11.9 Å². The van der Waals surface area contributed by atoms with Gasteiger partial charge < -0.3 is 10.2 Å². The summed E-state index contributed by atoms with van der Waals surface area (Å²) in [6, 6.07) is 5.56. The summed E-state index contributed by atoms with van der Waals surface area (Å²) < 4.78 is 29.2. The molecule has 0 saturated carbocycles. The van der Waals surface area contributed by atoms with Gasteiger partial charge in [0.2, 0.25) is 0 Å². The van der Waals surface area contributed by atoms with Gasteiger partial charge in [-0.15, -0.1) is 5.10 Å². The Bertz CT molecular complexity index is 1180. The molecule has 2 aromatic heterocycles. The molecule has 0 amide bonds. The molecular formula is C21H21F2N7. The highest BCUT2D eigenvalue weighted by atomic mass is 19.1. The molecule has 0 fully saturated rings. The number of hydrogen-bond acceptors (Lipinski definition) is 6. The van der Waals surface area contributed by atoms with Crippen molar-refractivity contribution >= 4 is 23.5 Å². The second-order valence-corrected chi connectivity index (χ2v) is 7.22. The first-order chi connectivity index (χ1) is 14.4. The van der Waals surface area contributed by atoms with Gasteiger partial charge in [-0.25, -0.2) is 13.5 Å². The van der Waals surface area contributed by atoms with Crippen LogP contribution in [0.25, 0.3) is 0 Å². The number of pyridine rings is 1. The monoisotopic (exact) mass is 409 g/mol. The summed E-state index contributed by atoms with van der Waals surface area (Å²) >= 11 is 0. The number of nitrogens with one attached hydrogen (secondary N) is 3. The minimum atomic E-state index is -0.670. The molecule has 154 valence electrons. The van der Waals surface area contributed by atoms with Crippen LogP contribution >= 0.6 is 0 Å². The van der Waals surface area contributed by atoms with Gasteiger partial charge in [-0.2, -0.15) is 0 Å². The van der Waals surface area contributed by atoms with Gasteiger partial charge in [0.15, 0.2) is 11.3 Å². The van der Waals surface area contributed by atoms with Crippen LogP contribution in [0.15, 0.2) is 30.5 Å². The van der Waals surface area contributed by atoms with Crippen molar-refractivity contribution in [2.45, 2.75) is 26.8 Å². The Hall–Kier alpha value is -3.62. The molecule has 0 atom stereocenters. The van der Waals surface area contributed by atoms with E-state index in [0.717, 1.165) is 28.7 Å². The number of rotatable bonds is 4. The van der Waals surface area contributed by atoms with Crippen LogP contribution < -0.4 is 15.7 Å². The second kappa shape index (κ2) is 7.66. The van der Waals surface area contributed by atoms with E-state index in [1.165, 1.54) is 22.9 Å². The van der Waals surface area contributed by atoms with Crippen LogP contribution in [0.3, 0.4) is 0 Å². The van der Waals surface area contributed by atoms with Gasteiger partial charge in [-0.05, 0) is 43.2 Å². The Labute approximate surface area is 172 Å². The smallest absolute Gasteiger partial charge is 0.153 e. The first kappa shape index (κ1) is 19.7. The molecule has 0 spiro atoms. The second-order valence-electron chi connectivity index (χ2n) is 7.22. The van der Waals surface area contributed by atoms with Crippen molar-refractivity contribution in [3.05, 3.63) is 70.0 Å². The zero-order chi connectivity index (χ0) is 21.4. The molecule has 1 aliphatic rings. The quantitative estimate of drug-likeness (QED) is 0.455. The molecular weight excluding hydrogens is 388 g/mol. The molecule has 3 heterocycles. The molecule has 0 bridgehead atoms. The number of fused-ring (bicyclic) bond motifs is 1. The number of hydrogen-bond donors (Lipinski definition) is 3. The number of anilines is 3. The number of nitrogens with zero attached hydrogens (tertiary/aromatic N) is 4. The number of para-hydroxylation sites is 1. The lowest BCUT2D eigenvalue weighted by atomic mass is 10.0. The third-order valence-electron chi connectivity index (χ3n) is 5.38. The summed E-state index contributed by atoms with van der Waals surface area (Å²) in [5.74, 6) is -0.635. The minimum Gasteiger partial charge on any atom is -0.350 e. The molecule has 3 aromatic rings. The molecule has 1 aromatic carbocycles. The number of benzene rings is 1. The van der Waals surface area contributed by atoms with Crippen molar-refractivity contribution in [3.8, 4) is 0 Å². The van der Waals surface area contributed by atoms with E-state index in [4.69, 9.17) is 10.8 Å². The summed E-state index contributed by atoms with van der Waals surface area (Å²) in [6.07, 6.45) is 3.28. The van der Waals surface area contributed by atoms with Crippen molar-refractivity contribution in [1.29, 1.82) is 10.8 Å². The summed E-state index contributed by atoms with van der Waals surface area (Å²) in [4.78, 5) is 6.53. The Kier molecular flexibility index (Phi) is 5.03. The Morgan fingerprint density at radius 2 is 1.90 bits per heavy atom. The van der Waals surface area contributed by atoms with E-state index in [1.807, 2.05) is 19.9 Å². The van der Waals surface area contributed by atoms with Crippen LogP contribution in [0.5, 0.6) is 0 Å². The molecule has 0 aliphatic carbocycles. The van der Waals surface area contributed by atoms with Crippen LogP contribution in [0.1, 0.15) is 22.4 Å². The molecule has 1 aliphatic heterocycles. The highest BCUT2D eigenvalue weighted by molar-refractivity contribution is 5.62. The van der Waals surface area contributed by atoms with E-state index in [0.29, 0.717) is 31.0 Å². The van der Waals surface area contributed by atoms with Crippen LogP contribution in [0.2, 0.25) is 0 Å². The molecule has 3 N–H and O–H groups in total. The first-order valence-corrected chi connectivity index (χ1v) is 9.48. The van der Waals surface area contributed by atoms with E-state index < -0.39 is 11.6 Å². The van der Waals surface area contributed by atoms with E-state index in [2.05, 4.69) is 20.3 Å². The van der Waals surface area contributed by atoms with Crippen molar-refractivity contribution < 1.29 is 8.78 Å². The zero-order valence-electron chi connectivity index (χ0n) is 16.6. The summed E-state index contributed by atoms with van der Waals surface area (Å²) in [6.45, 7) is 4.96. The first-order valence-electron chi connectivity index (χ1n) is 9.48. The van der Waals surface area contributed by atoms with Gasteiger partial charge >= 0.3 is 0 Å². The minimum absolute atomic E-state index is 0.184. The molecule has 4 rings (SSSR count). The summed E-state index contributed by atoms with van der Waals surface area (Å²) in [5.41, 5.74) is 3.98. The number of aromatic nitrogens is 3. The largest absolute Gasteiger partial charge is 0.350 e. The summed E-state index contributed by atoms with van der Waals surface area (Å²) in [5, 5.41) is 22.8. The third-order valence-corrected chi connectivity index (χ3v) is 5.38. The average Bonchev–Trinajstić information content (AvgIpc) is 2.74. The van der Waals surface area contributed by atoms with Crippen molar-refractivity contribution in [2.75, 3.05) is 16.8 Å².